The van der Waals surface area contributed by atoms with Gasteiger partial charge in [0.15, 0.2) is 11.6 Å². The van der Waals surface area contributed by atoms with Gasteiger partial charge in [-0.05, 0) is 48.5 Å². The van der Waals surface area contributed by atoms with Gasteiger partial charge in [0.05, 0.1) is 36.3 Å². The predicted octanol–water partition coefficient (Wildman–Crippen LogP) is 5.50. The summed E-state index contributed by atoms with van der Waals surface area (Å²) in [6, 6.07) is 16.1. The Morgan fingerprint density at radius 3 is 2.63 bits per heavy atom. The molecule has 1 N–H and O–H groups in total. The summed E-state index contributed by atoms with van der Waals surface area (Å²) in [6.07, 6.45) is -0.0189. The number of benzene rings is 3. The van der Waals surface area contributed by atoms with Crippen LogP contribution in [0.15, 0.2) is 59.0 Å². The van der Waals surface area contributed by atoms with Crippen molar-refractivity contribution in [1.29, 1.82) is 5.26 Å². The van der Waals surface area contributed by atoms with Gasteiger partial charge in [0.2, 0.25) is 11.8 Å². The van der Waals surface area contributed by atoms with Crippen LogP contribution in [0.25, 0.3) is 11.5 Å². The molecule has 2 heterocycles. The normalized spacial score (nSPS) is 13.5. The van der Waals surface area contributed by atoms with Gasteiger partial charge in [-0.3, -0.25) is 9.69 Å². The molecule has 1 fully saturated rings. The molecule has 1 amide bonds. The van der Waals surface area contributed by atoms with Gasteiger partial charge in [-0.1, -0.05) is 29.3 Å². The molecule has 0 aliphatic carbocycles. The summed E-state index contributed by atoms with van der Waals surface area (Å²) in [5, 5.41) is 20.5. The van der Waals surface area contributed by atoms with Gasteiger partial charge in [-0.15, -0.1) is 10.2 Å². The van der Waals surface area contributed by atoms with Gasteiger partial charge >= 0.3 is 0 Å². The van der Waals surface area contributed by atoms with Crippen molar-refractivity contribution in [3.63, 3.8) is 0 Å². The number of morpholine rings is 1. The summed E-state index contributed by atoms with van der Waals surface area (Å²) in [7, 11) is 0. The van der Waals surface area contributed by atoms with Crippen molar-refractivity contribution in [3.8, 4) is 29.0 Å². The molecule has 41 heavy (non-hydrogen) atoms. The molecule has 210 valence electrons. The lowest BCUT2D eigenvalue weighted by Gasteiger charge is -2.26. The van der Waals surface area contributed by atoms with Gasteiger partial charge in [-0.25, -0.2) is 4.39 Å². The first-order valence-electron chi connectivity index (χ1n) is 12.8. The average molecular weight is 596 g/mol. The molecule has 0 saturated carbocycles. The highest BCUT2D eigenvalue weighted by molar-refractivity contribution is 6.32. The second-order valence-corrected chi connectivity index (χ2v) is 10.0. The maximum atomic E-state index is 15.4. The monoisotopic (exact) mass is 595 g/mol. The first-order valence-corrected chi connectivity index (χ1v) is 13.5. The van der Waals surface area contributed by atoms with E-state index in [2.05, 4.69) is 20.4 Å². The molecular weight excluding hydrogens is 572 g/mol. The van der Waals surface area contributed by atoms with E-state index in [0.717, 1.165) is 19.6 Å². The SMILES string of the molecule is N#Cc1cc(Cl)cc(Oc2c(Cl)ccc(Cc3nnc(-c4ccc(C(=O)NCCN5CCOCC5)cc4)o3)c2F)c1. The molecule has 5 rings (SSSR count). The number of ether oxygens (including phenoxy) is 2. The number of nitrogens with one attached hydrogen (secondary N) is 1. The van der Waals surface area contributed by atoms with Crippen LogP contribution in [0.5, 0.6) is 11.5 Å². The molecule has 12 heteroatoms. The maximum Gasteiger partial charge on any atom is 0.251 e. The Labute approximate surface area is 245 Å². The fourth-order valence-electron chi connectivity index (χ4n) is 4.23. The number of rotatable bonds is 9. The van der Waals surface area contributed by atoms with Crippen molar-refractivity contribution in [2.24, 2.45) is 0 Å². The number of aromatic nitrogens is 2. The smallest absolute Gasteiger partial charge is 0.251 e. The third-order valence-electron chi connectivity index (χ3n) is 6.37. The Balaban J connectivity index is 1.23. The Hall–Kier alpha value is -4.01. The van der Waals surface area contributed by atoms with Crippen molar-refractivity contribution < 1.29 is 23.1 Å². The summed E-state index contributed by atoms with van der Waals surface area (Å²) in [4.78, 5) is 14.8. The number of amides is 1. The Bertz CT molecular complexity index is 1580. The van der Waals surface area contributed by atoms with Crippen molar-refractivity contribution >= 4 is 29.1 Å². The van der Waals surface area contributed by atoms with Gasteiger partial charge in [0.25, 0.3) is 5.91 Å². The van der Waals surface area contributed by atoms with Gasteiger partial charge in [0.1, 0.15) is 5.75 Å². The van der Waals surface area contributed by atoms with Gasteiger partial charge in [0, 0.05) is 47.9 Å². The van der Waals surface area contributed by atoms with Crippen LogP contribution < -0.4 is 10.1 Å². The zero-order valence-electron chi connectivity index (χ0n) is 21.7. The van der Waals surface area contributed by atoms with Gasteiger partial charge in [-0.2, -0.15) is 5.26 Å². The lowest BCUT2D eigenvalue weighted by atomic mass is 10.1. The molecule has 0 atom stereocenters. The third kappa shape index (κ3) is 7.20. The maximum absolute atomic E-state index is 15.4. The molecule has 0 radical (unpaired) electrons. The zero-order valence-corrected chi connectivity index (χ0v) is 23.2. The number of carbonyl (C=O) groups excluding carboxylic acids is 1. The van der Waals surface area contributed by atoms with Crippen LogP contribution in [0.2, 0.25) is 10.0 Å². The highest BCUT2D eigenvalue weighted by Crippen LogP contribution is 2.36. The highest BCUT2D eigenvalue weighted by atomic mass is 35.5. The van der Waals surface area contributed by atoms with E-state index in [9.17, 15) is 4.79 Å². The standard InChI is InChI=1S/C29H24Cl2FN5O4/c30-22-13-18(17-33)14-23(16-22)40-27-24(31)6-5-21(26(27)32)15-25-35-36-29(41-25)20-3-1-19(2-4-20)28(38)34-7-8-37-9-11-39-12-10-37/h1-6,13-14,16H,7-12,15H2,(H,34,38). The Kier molecular flexibility index (Phi) is 9.11. The fraction of sp³-hybridized carbons (Fsp3) is 0.241. The molecule has 0 bridgehead atoms. The summed E-state index contributed by atoms with van der Waals surface area (Å²) in [5.74, 6) is -0.525. The lowest BCUT2D eigenvalue weighted by molar-refractivity contribution is 0.0383. The second-order valence-electron chi connectivity index (χ2n) is 9.20. The van der Waals surface area contributed by atoms with E-state index < -0.39 is 5.82 Å². The molecule has 1 aromatic heterocycles. The fourth-order valence-corrected chi connectivity index (χ4v) is 4.64. The molecule has 1 saturated heterocycles. The molecule has 1 aliphatic rings. The van der Waals surface area contributed by atoms with Crippen molar-refractivity contribution in [1.82, 2.24) is 20.4 Å². The first-order chi connectivity index (χ1) is 19.9. The second kappa shape index (κ2) is 13.1. The average Bonchev–Trinajstić information content (AvgIpc) is 3.45. The van der Waals surface area contributed by atoms with Crippen LogP contribution in [0.1, 0.15) is 27.4 Å². The van der Waals surface area contributed by atoms with Crippen molar-refractivity contribution in [2.75, 3.05) is 39.4 Å². The van der Waals surface area contributed by atoms with Crippen LogP contribution in [-0.4, -0.2) is 60.4 Å². The first kappa shape index (κ1) is 28.5. The Morgan fingerprint density at radius 2 is 1.88 bits per heavy atom. The number of nitrogens with zero attached hydrogens (tertiary/aromatic N) is 4. The van der Waals surface area contributed by atoms with Crippen LogP contribution in [0.4, 0.5) is 4.39 Å². The highest BCUT2D eigenvalue weighted by Gasteiger charge is 2.19. The number of carbonyl (C=O) groups is 1. The van der Waals surface area contributed by atoms with E-state index in [1.54, 1.807) is 24.3 Å². The zero-order chi connectivity index (χ0) is 28.8. The van der Waals surface area contributed by atoms with Crippen LogP contribution in [0, 0.1) is 17.1 Å². The van der Waals surface area contributed by atoms with Crippen LogP contribution in [0.3, 0.4) is 0 Å². The van der Waals surface area contributed by atoms with E-state index >= 15 is 4.39 Å². The minimum absolute atomic E-state index is 0.0189. The molecule has 9 nitrogen and oxygen atoms in total. The summed E-state index contributed by atoms with van der Waals surface area (Å²) < 4.78 is 32.1. The van der Waals surface area contributed by atoms with Crippen molar-refractivity contribution in [2.45, 2.75) is 6.42 Å². The molecule has 0 spiro atoms. The number of hydrogen-bond acceptors (Lipinski definition) is 8. The van der Waals surface area contributed by atoms with E-state index in [4.69, 9.17) is 42.4 Å². The number of halogens is 3. The topological polar surface area (TPSA) is 114 Å². The van der Waals surface area contributed by atoms with Crippen molar-refractivity contribution in [3.05, 3.63) is 93.0 Å². The summed E-state index contributed by atoms with van der Waals surface area (Å²) in [5.41, 5.74) is 1.60. The quantitative estimate of drug-likeness (QED) is 0.270. The summed E-state index contributed by atoms with van der Waals surface area (Å²) in [6.45, 7) is 4.47. The minimum Gasteiger partial charge on any atom is -0.453 e. The van der Waals surface area contributed by atoms with Crippen LogP contribution in [-0.2, 0) is 11.2 Å². The summed E-state index contributed by atoms with van der Waals surface area (Å²) >= 11 is 12.2. The lowest BCUT2D eigenvalue weighted by Crippen LogP contribution is -2.41. The van der Waals surface area contributed by atoms with E-state index in [1.165, 1.54) is 30.3 Å². The third-order valence-corrected chi connectivity index (χ3v) is 6.89. The minimum atomic E-state index is -0.709. The van der Waals surface area contributed by atoms with E-state index in [0.29, 0.717) is 30.9 Å². The van der Waals surface area contributed by atoms with Crippen LogP contribution >= 0.6 is 23.2 Å². The largest absolute Gasteiger partial charge is 0.453 e. The van der Waals surface area contributed by atoms with E-state index in [-0.39, 0.29) is 56.8 Å². The number of hydrogen-bond donors (Lipinski definition) is 1. The van der Waals surface area contributed by atoms with E-state index in [1.807, 2.05) is 6.07 Å². The molecular formula is C29H24Cl2FN5O4. The molecule has 3 aromatic carbocycles. The number of nitriles is 1. The molecule has 0 unspecified atom stereocenters. The predicted molar refractivity (Wildman–Crippen MR) is 150 cm³/mol. The van der Waals surface area contributed by atoms with Gasteiger partial charge < -0.3 is 19.2 Å². The molecule has 1 aliphatic heterocycles. The Morgan fingerprint density at radius 1 is 1.10 bits per heavy atom. The molecule has 4 aromatic rings.